The van der Waals surface area contributed by atoms with Crippen molar-refractivity contribution in [2.45, 2.75) is 164 Å². The molecule has 3 saturated carbocycles. The van der Waals surface area contributed by atoms with Crippen LogP contribution in [0.4, 0.5) is 0 Å². The minimum absolute atomic E-state index is 0.0581. The van der Waals surface area contributed by atoms with E-state index in [2.05, 4.69) is 315 Å². The first-order chi connectivity index (χ1) is 45.7. The molecule has 9 atom stereocenters. The summed E-state index contributed by atoms with van der Waals surface area (Å²) in [7, 11) is 18.2. The van der Waals surface area contributed by atoms with Crippen molar-refractivity contribution in [3.8, 4) is 0 Å². The Bertz CT molecular complexity index is 4190. The lowest BCUT2D eigenvalue weighted by atomic mass is 9.55. The molecule has 3 spiro atoms. The molecule has 9 unspecified atom stereocenters. The van der Waals surface area contributed by atoms with E-state index in [1.165, 1.54) is 169 Å². The number of aromatic amines is 3. The molecule has 6 aliphatic carbocycles. The van der Waals surface area contributed by atoms with E-state index < -0.39 is 0 Å². The van der Waals surface area contributed by atoms with E-state index in [1.54, 1.807) is 28.1 Å². The normalized spacial score (nSPS) is 28.2. The summed E-state index contributed by atoms with van der Waals surface area (Å²) < 4.78 is 0. The minimum atomic E-state index is 0.0581. The molecule has 490 valence electrons. The Hall–Kier alpha value is -6.30. The number of nitrogens with one attached hydrogen (secondary N) is 3. The van der Waals surface area contributed by atoms with Crippen molar-refractivity contribution in [3.05, 3.63) is 245 Å². The van der Waals surface area contributed by atoms with Gasteiger partial charge < -0.3 is 19.9 Å². The molecule has 94 heavy (non-hydrogen) atoms. The van der Waals surface area contributed by atoms with E-state index in [0.29, 0.717) is 16.4 Å². The molecule has 3 aromatic heterocycles. The predicted octanol–water partition coefficient (Wildman–Crippen LogP) is 19.2. The number of aromatic nitrogens is 3. The van der Waals surface area contributed by atoms with E-state index in [0.717, 1.165) is 13.0 Å². The maximum atomic E-state index is 3.96. The van der Waals surface area contributed by atoms with Gasteiger partial charge in [-0.1, -0.05) is 164 Å². The molecule has 10 aromatic rings. The van der Waals surface area contributed by atoms with Gasteiger partial charge in [0.2, 0.25) is 0 Å². The number of H-pyrrole nitrogens is 3. The number of fused-ring (bicyclic) bond motifs is 12. The average Bonchev–Trinajstić information content (AvgIpc) is 1.28. The summed E-state index contributed by atoms with van der Waals surface area (Å²) in [5.41, 5.74) is 18.8. The van der Waals surface area contributed by atoms with Crippen LogP contribution in [-0.2, 0) is 52.1 Å². The molecule has 7 nitrogen and oxygen atoms in total. The maximum absolute atomic E-state index is 3.96. The third-order valence-electron chi connectivity index (χ3n) is 25.0. The van der Waals surface area contributed by atoms with Gasteiger partial charge in [0, 0.05) is 105 Å². The molecule has 9 heteroatoms. The van der Waals surface area contributed by atoms with Gasteiger partial charge in [0.1, 0.15) is 0 Å². The number of para-hydroxylation sites is 3. The van der Waals surface area contributed by atoms with E-state index in [-0.39, 0.29) is 32.9 Å². The molecule has 7 aromatic carbocycles. The van der Waals surface area contributed by atoms with Gasteiger partial charge in [0.25, 0.3) is 0 Å². The predicted molar refractivity (Wildman–Crippen MR) is 401 cm³/mol. The van der Waals surface area contributed by atoms with E-state index in [4.69, 9.17) is 0 Å². The number of benzene rings is 7. The lowest BCUT2D eigenvalue weighted by Gasteiger charge is -2.56. The highest BCUT2D eigenvalue weighted by Gasteiger charge is 2.57. The van der Waals surface area contributed by atoms with Gasteiger partial charge in [-0.15, -0.1) is 11.8 Å². The monoisotopic (exact) mass is 1290 g/mol. The fourth-order valence-corrected chi connectivity index (χ4v) is 23.1. The molecule has 0 radical (unpaired) electrons. The van der Waals surface area contributed by atoms with Crippen LogP contribution >= 0.6 is 23.5 Å². The summed E-state index contributed by atoms with van der Waals surface area (Å²) in [4.78, 5) is 23.1. The molecule has 0 aliphatic heterocycles. The fraction of sp³-hybridized carbons (Fsp3) is 0.435. The Balaban J connectivity index is 0.000000122. The van der Waals surface area contributed by atoms with Gasteiger partial charge in [-0.2, -0.15) is 11.8 Å². The molecule has 3 fully saturated rings. The third kappa shape index (κ3) is 11.3. The highest BCUT2D eigenvalue weighted by molar-refractivity contribution is 8.00. The number of hydrogen-bond acceptors (Lipinski definition) is 6. The van der Waals surface area contributed by atoms with Crippen LogP contribution in [0.3, 0.4) is 0 Å². The van der Waals surface area contributed by atoms with Crippen LogP contribution in [-0.4, -0.2) is 114 Å². The van der Waals surface area contributed by atoms with Gasteiger partial charge >= 0.3 is 0 Å². The molecule has 0 amide bonds. The Kier molecular flexibility index (Phi) is 18.4. The van der Waals surface area contributed by atoms with Crippen molar-refractivity contribution in [2.75, 3.05) is 69.2 Å². The summed E-state index contributed by atoms with van der Waals surface area (Å²) in [6.07, 6.45) is 24.7. The zero-order valence-electron chi connectivity index (χ0n) is 57.7. The molecular weight excluding hydrogens is 1180 g/mol. The standard InChI is InChI=1S/C31H34N2S.C28H37N3.C26H32N2S/c1-33(2)31(23-12-5-3-6-13-23)21-20-30(28(22-31)34-24-14-7-4-8-15-24)19-11-17-26-25-16-9-10-18-27(25)32-29(26)30;1-30(2)20-22-19-27(17-18-28(22,31(3)4)21-11-6-5-7-12-21)16-10-14-24-23-13-8-9-15-25(23)29-26(24)27;1-28(2)26(19-10-5-4-6-11-19)17-16-25(23(18-26)29-3)15-9-13-21-20-12-7-8-14-22(20)27-24(21)25/h3-10,12-16,18,28,32H,11,17,19-22H2,1-2H3;5-9,11-13,15,22,29H,10,14,16-20H2,1-4H3;4-8,10-12,14,23,27H,9,13,15-18H2,1-3H3. The lowest BCUT2D eigenvalue weighted by molar-refractivity contribution is -0.0147. The second-order valence-electron chi connectivity index (χ2n) is 30.2. The molecule has 3 N–H and O–H groups in total. The van der Waals surface area contributed by atoms with Gasteiger partial charge in [-0.05, 0) is 248 Å². The first kappa shape index (κ1) is 65.0. The van der Waals surface area contributed by atoms with Crippen LogP contribution in [0, 0.1) is 5.92 Å². The topological polar surface area (TPSA) is 60.3 Å². The summed E-state index contributed by atoms with van der Waals surface area (Å²) in [5.74, 6) is 0.575. The van der Waals surface area contributed by atoms with Crippen molar-refractivity contribution in [2.24, 2.45) is 5.92 Å². The van der Waals surface area contributed by atoms with Crippen molar-refractivity contribution in [3.63, 3.8) is 0 Å². The number of nitrogens with zero attached hydrogens (tertiary/aromatic N) is 4. The van der Waals surface area contributed by atoms with E-state index >= 15 is 0 Å². The third-order valence-corrected chi connectivity index (χ3v) is 27.6. The van der Waals surface area contributed by atoms with Crippen LogP contribution in [0.15, 0.2) is 199 Å². The number of rotatable bonds is 11. The fourth-order valence-electron chi connectivity index (χ4n) is 20.3. The van der Waals surface area contributed by atoms with E-state index in [1.807, 2.05) is 0 Å². The van der Waals surface area contributed by atoms with Crippen LogP contribution in [0.1, 0.15) is 147 Å². The quantitative estimate of drug-likeness (QED) is 0.120. The Morgan fingerprint density at radius 2 is 0.787 bits per heavy atom. The molecule has 3 heterocycles. The van der Waals surface area contributed by atoms with Gasteiger partial charge in [0.15, 0.2) is 0 Å². The second-order valence-corrected chi connectivity index (χ2v) is 32.5. The smallest absolute Gasteiger partial charge is 0.0496 e. The van der Waals surface area contributed by atoms with Crippen LogP contribution < -0.4 is 0 Å². The summed E-state index contributed by atoms with van der Waals surface area (Å²) in [6.45, 7) is 1.12. The first-order valence-electron chi connectivity index (χ1n) is 35.6. The first-order valence-corrected chi connectivity index (χ1v) is 37.7. The maximum Gasteiger partial charge on any atom is 0.0496 e. The number of aryl methyl sites for hydroxylation is 3. The van der Waals surface area contributed by atoms with Crippen molar-refractivity contribution in [1.82, 2.24) is 34.6 Å². The Labute approximate surface area is 570 Å². The zero-order chi connectivity index (χ0) is 64.9. The van der Waals surface area contributed by atoms with Crippen LogP contribution in [0.25, 0.3) is 32.7 Å². The highest BCUT2D eigenvalue weighted by Crippen LogP contribution is 2.61. The Morgan fingerprint density at radius 3 is 1.24 bits per heavy atom. The van der Waals surface area contributed by atoms with Gasteiger partial charge in [-0.25, -0.2) is 0 Å². The van der Waals surface area contributed by atoms with Gasteiger partial charge in [0.05, 0.1) is 0 Å². The minimum Gasteiger partial charge on any atom is -0.358 e. The largest absolute Gasteiger partial charge is 0.358 e. The van der Waals surface area contributed by atoms with Crippen LogP contribution in [0.5, 0.6) is 0 Å². The second kappa shape index (κ2) is 26.6. The number of thioether (sulfide) groups is 2. The molecule has 6 aliphatic rings. The molecular formula is C85H103N7S2. The SMILES string of the molecule is CN(C)C1(c2ccccc2)CCC2(CCCc3c2[nH]c2ccccc32)C(Sc2ccccc2)C1.CN(C)CC1CC2(CCCc3c2[nH]c2ccccc32)CCC1(c1ccccc1)N(C)C.CSC1CC(c2ccccc2)(N(C)C)CCC12CCCc1c2[nH]c2ccccc12. The molecule has 0 saturated heterocycles. The number of hydrogen-bond donors (Lipinski definition) is 3. The highest BCUT2D eigenvalue weighted by atomic mass is 32.2. The summed E-state index contributed by atoms with van der Waals surface area (Å²) in [6, 6.07) is 71.7. The lowest BCUT2D eigenvalue weighted by Crippen LogP contribution is -2.57. The summed E-state index contributed by atoms with van der Waals surface area (Å²) in [5, 5.41) is 5.46. The molecule has 0 bridgehead atoms. The van der Waals surface area contributed by atoms with Crippen LogP contribution in [0.2, 0.25) is 0 Å². The van der Waals surface area contributed by atoms with Crippen molar-refractivity contribution >= 4 is 56.2 Å². The summed E-state index contributed by atoms with van der Waals surface area (Å²) >= 11 is 4.20. The van der Waals surface area contributed by atoms with E-state index in [9.17, 15) is 0 Å². The average molecular weight is 1290 g/mol. The zero-order valence-corrected chi connectivity index (χ0v) is 59.4. The Morgan fingerprint density at radius 1 is 0.383 bits per heavy atom. The molecule has 16 rings (SSSR count). The van der Waals surface area contributed by atoms with Gasteiger partial charge in [-0.3, -0.25) is 14.7 Å². The van der Waals surface area contributed by atoms with Crippen molar-refractivity contribution < 1.29 is 0 Å². The van der Waals surface area contributed by atoms with Crippen molar-refractivity contribution in [1.29, 1.82) is 0 Å².